The third-order valence-electron chi connectivity index (χ3n) is 4.81. The molecule has 0 bridgehead atoms. The van der Waals surface area contributed by atoms with Gasteiger partial charge in [0.05, 0.1) is 16.8 Å². The molecule has 3 heterocycles. The molecule has 0 atom stereocenters. The fraction of sp³-hybridized carbons (Fsp3) is 0.0476. The second kappa shape index (κ2) is 5.20. The van der Waals surface area contributed by atoms with Crippen molar-refractivity contribution < 1.29 is 14.3 Å². The lowest BCUT2D eigenvalue weighted by Gasteiger charge is -2.00. The third kappa shape index (κ3) is 1.97. The van der Waals surface area contributed by atoms with Gasteiger partial charge in [0.15, 0.2) is 0 Å². The number of carbonyl (C=O) groups is 2. The summed E-state index contributed by atoms with van der Waals surface area (Å²) in [7, 11) is 1.91. The maximum Gasteiger partial charge on any atom is 0.349 e. The van der Waals surface area contributed by atoms with Crippen LogP contribution in [0.5, 0.6) is 0 Å². The highest BCUT2D eigenvalue weighted by atomic mass is 16.6. The van der Waals surface area contributed by atoms with E-state index in [1.54, 1.807) is 0 Å². The Bertz CT molecular complexity index is 1220. The Labute approximate surface area is 148 Å². The Balaban J connectivity index is 1.83. The highest BCUT2D eigenvalue weighted by Gasteiger charge is 2.37. The molecule has 0 fully saturated rings. The van der Waals surface area contributed by atoms with Gasteiger partial charge in [-0.3, -0.25) is 0 Å². The van der Waals surface area contributed by atoms with Crippen molar-refractivity contribution in [2.24, 2.45) is 7.05 Å². The maximum atomic E-state index is 12.5. The van der Waals surface area contributed by atoms with Gasteiger partial charge in [-0.05, 0) is 18.2 Å². The zero-order chi connectivity index (χ0) is 17.8. The van der Waals surface area contributed by atoms with Crippen molar-refractivity contribution in [1.29, 1.82) is 0 Å². The summed E-state index contributed by atoms with van der Waals surface area (Å²) in [5.41, 5.74) is 3.76. The Hall–Kier alpha value is -3.60. The number of aromatic amines is 1. The number of nitrogens with zero attached hydrogens (tertiary/aromatic N) is 1. The maximum absolute atomic E-state index is 12.5. The Morgan fingerprint density at radius 3 is 2.50 bits per heavy atom. The van der Waals surface area contributed by atoms with E-state index in [0.29, 0.717) is 16.8 Å². The van der Waals surface area contributed by atoms with Crippen molar-refractivity contribution in [3.05, 3.63) is 72.1 Å². The lowest BCUT2D eigenvalue weighted by molar-refractivity contribution is -0.149. The van der Waals surface area contributed by atoms with Gasteiger partial charge < -0.3 is 14.3 Å². The first-order valence-electron chi connectivity index (χ1n) is 8.27. The molecular formula is C21H14N2O3. The molecule has 5 rings (SSSR count). The van der Waals surface area contributed by atoms with Crippen molar-refractivity contribution in [1.82, 2.24) is 9.55 Å². The van der Waals surface area contributed by atoms with E-state index in [2.05, 4.69) is 4.98 Å². The number of carbonyl (C=O) groups excluding carboxylic acids is 2. The molecule has 0 amide bonds. The zero-order valence-corrected chi connectivity index (χ0v) is 13.9. The summed E-state index contributed by atoms with van der Waals surface area (Å²) < 4.78 is 6.91. The van der Waals surface area contributed by atoms with Crippen molar-refractivity contribution in [2.75, 3.05) is 0 Å². The van der Waals surface area contributed by atoms with Crippen LogP contribution in [0.1, 0.15) is 11.3 Å². The number of fused-ring (bicyclic) bond motifs is 2. The molecular weight excluding hydrogens is 328 g/mol. The quantitative estimate of drug-likeness (QED) is 0.447. The van der Waals surface area contributed by atoms with Gasteiger partial charge >= 0.3 is 11.9 Å². The predicted octanol–water partition coefficient (Wildman–Crippen LogP) is 3.65. The molecule has 0 saturated heterocycles. The topological polar surface area (TPSA) is 64.1 Å². The second-order valence-electron chi connectivity index (χ2n) is 6.37. The van der Waals surface area contributed by atoms with Crippen LogP contribution in [0.3, 0.4) is 0 Å². The van der Waals surface area contributed by atoms with E-state index in [9.17, 15) is 9.59 Å². The van der Waals surface area contributed by atoms with E-state index >= 15 is 0 Å². The summed E-state index contributed by atoms with van der Waals surface area (Å²) >= 11 is 0. The molecule has 0 unspecified atom stereocenters. The number of H-pyrrole nitrogens is 1. The lowest BCUT2D eigenvalue weighted by Crippen LogP contribution is -2.02. The fourth-order valence-corrected chi connectivity index (χ4v) is 3.63. The van der Waals surface area contributed by atoms with Crippen molar-refractivity contribution in [3.8, 4) is 0 Å². The number of nitrogens with one attached hydrogen (secondary N) is 1. The van der Waals surface area contributed by atoms with Crippen LogP contribution in [-0.2, 0) is 21.4 Å². The molecule has 26 heavy (non-hydrogen) atoms. The first kappa shape index (κ1) is 14.7. The summed E-state index contributed by atoms with van der Waals surface area (Å²) in [6.07, 6.45) is 1.86. The van der Waals surface area contributed by atoms with Gasteiger partial charge in [0.1, 0.15) is 0 Å². The van der Waals surface area contributed by atoms with E-state index < -0.39 is 11.9 Å². The molecule has 0 spiro atoms. The van der Waals surface area contributed by atoms with Gasteiger partial charge in [0.25, 0.3) is 0 Å². The third-order valence-corrected chi connectivity index (χ3v) is 4.81. The number of hydrogen-bond donors (Lipinski definition) is 1. The molecule has 2 aromatic heterocycles. The number of rotatable bonds is 2. The van der Waals surface area contributed by atoms with Crippen LogP contribution in [0.2, 0.25) is 0 Å². The number of ether oxygens (including phenoxy) is 1. The minimum absolute atomic E-state index is 0.280. The molecule has 0 saturated carbocycles. The van der Waals surface area contributed by atoms with E-state index in [4.69, 9.17) is 4.74 Å². The summed E-state index contributed by atoms with van der Waals surface area (Å²) in [4.78, 5) is 28.2. The number of para-hydroxylation sites is 2. The lowest BCUT2D eigenvalue weighted by atomic mass is 9.99. The molecule has 2 aromatic carbocycles. The van der Waals surface area contributed by atoms with Gasteiger partial charge in [-0.15, -0.1) is 0 Å². The smallest absolute Gasteiger partial charge is 0.349 e. The molecule has 5 nitrogen and oxygen atoms in total. The molecule has 0 radical (unpaired) electrons. The number of hydrogen-bond acceptors (Lipinski definition) is 3. The van der Waals surface area contributed by atoms with Crippen LogP contribution < -0.4 is 0 Å². The van der Waals surface area contributed by atoms with Crippen LogP contribution in [0.15, 0.2) is 60.8 Å². The van der Waals surface area contributed by atoms with Crippen molar-refractivity contribution in [2.45, 2.75) is 0 Å². The fourth-order valence-electron chi connectivity index (χ4n) is 3.63. The largest absolute Gasteiger partial charge is 0.386 e. The number of cyclic esters (lactones) is 2. The number of esters is 2. The van der Waals surface area contributed by atoms with Gasteiger partial charge in [-0.25, -0.2) is 9.59 Å². The predicted molar refractivity (Wildman–Crippen MR) is 99.1 cm³/mol. The average molecular weight is 342 g/mol. The van der Waals surface area contributed by atoms with Gasteiger partial charge in [-0.1, -0.05) is 36.4 Å². The number of aromatic nitrogens is 2. The highest BCUT2D eigenvalue weighted by molar-refractivity contribution is 6.45. The molecule has 0 aliphatic carbocycles. The molecule has 1 aliphatic heterocycles. The normalized spacial score (nSPS) is 14.7. The molecule has 1 aliphatic rings. The molecule has 4 aromatic rings. The van der Waals surface area contributed by atoms with E-state index in [-0.39, 0.29) is 5.57 Å². The minimum Gasteiger partial charge on any atom is -0.386 e. The summed E-state index contributed by atoms with van der Waals surface area (Å²) in [6, 6.07) is 17.4. The monoisotopic (exact) mass is 342 g/mol. The first-order chi connectivity index (χ1) is 12.6. The van der Waals surface area contributed by atoms with E-state index in [0.717, 1.165) is 21.8 Å². The minimum atomic E-state index is -0.621. The molecule has 5 heteroatoms. The highest BCUT2D eigenvalue weighted by Crippen LogP contribution is 2.38. The van der Waals surface area contributed by atoms with Crippen molar-refractivity contribution in [3.63, 3.8) is 0 Å². The molecule has 126 valence electrons. The summed E-state index contributed by atoms with van der Waals surface area (Å²) in [6.45, 7) is 0. The Kier molecular flexibility index (Phi) is 2.94. The number of aryl methyl sites for hydroxylation is 1. The summed E-state index contributed by atoms with van der Waals surface area (Å²) in [5, 5.41) is 1.88. The van der Waals surface area contributed by atoms with Crippen LogP contribution in [0, 0.1) is 0 Å². The van der Waals surface area contributed by atoms with Crippen LogP contribution in [0.25, 0.3) is 33.0 Å². The van der Waals surface area contributed by atoms with E-state index in [1.807, 2.05) is 72.4 Å². The first-order valence-corrected chi connectivity index (χ1v) is 8.27. The van der Waals surface area contributed by atoms with Gasteiger partial charge in [0, 0.05) is 40.6 Å². The Morgan fingerprint density at radius 1 is 0.923 bits per heavy atom. The van der Waals surface area contributed by atoms with Gasteiger partial charge in [0.2, 0.25) is 0 Å². The average Bonchev–Trinajstić information content (AvgIpc) is 3.28. The Morgan fingerprint density at radius 2 is 1.65 bits per heavy atom. The second-order valence-corrected chi connectivity index (χ2v) is 6.37. The van der Waals surface area contributed by atoms with Crippen LogP contribution >= 0.6 is 0 Å². The zero-order valence-electron chi connectivity index (χ0n) is 13.9. The number of benzene rings is 2. The van der Waals surface area contributed by atoms with Crippen LogP contribution in [0.4, 0.5) is 0 Å². The molecule has 1 N–H and O–H groups in total. The van der Waals surface area contributed by atoms with E-state index in [1.165, 1.54) is 0 Å². The van der Waals surface area contributed by atoms with Gasteiger partial charge in [-0.2, -0.15) is 0 Å². The van der Waals surface area contributed by atoms with Crippen molar-refractivity contribution >= 4 is 44.9 Å². The SMILES string of the molecule is Cn1cc(C2=C(c3cc4ccccc4[nH]3)C(=O)OC2=O)c2ccccc21. The van der Waals surface area contributed by atoms with Crippen LogP contribution in [-0.4, -0.2) is 21.5 Å². The standard InChI is InChI=1S/C21H14N2O3/c1-23-11-14(13-7-3-5-9-17(13)23)18-19(21(25)26-20(18)24)16-10-12-6-2-4-8-15(12)22-16/h2-11,22H,1H3. The summed E-state index contributed by atoms with van der Waals surface area (Å²) in [5.74, 6) is -1.23.